The predicted molar refractivity (Wildman–Crippen MR) is 133 cm³/mol. The van der Waals surface area contributed by atoms with E-state index < -0.39 is 17.5 Å². The van der Waals surface area contributed by atoms with Crippen molar-refractivity contribution in [2.75, 3.05) is 23.4 Å². The number of hydrogen-bond donors (Lipinski definition) is 3. The van der Waals surface area contributed by atoms with Crippen LogP contribution in [0.5, 0.6) is 0 Å². The quantitative estimate of drug-likeness (QED) is 0.493. The molecule has 3 rings (SSSR count). The van der Waals surface area contributed by atoms with Gasteiger partial charge in [0.2, 0.25) is 11.6 Å². The highest BCUT2D eigenvalue weighted by molar-refractivity contribution is 6.43. The molecule has 0 aromatic heterocycles. The summed E-state index contributed by atoms with van der Waals surface area (Å²) in [6.45, 7) is 9.33. The zero-order valence-electron chi connectivity index (χ0n) is 18.3. The Balaban J connectivity index is 0.000000654. The maximum Gasteiger partial charge on any atom is 0.300 e. The van der Waals surface area contributed by atoms with Crippen LogP contribution in [0.4, 0.5) is 11.4 Å². The Morgan fingerprint density at radius 2 is 1.62 bits per heavy atom. The summed E-state index contributed by atoms with van der Waals surface area (Å²) in [5.74, 6) is -0.957. The van der Waals surface area contributed by atoms with Gasteiger partial charge in [-0.05, 0) is 44.3 Å². The Hall–Kier alpha value is -2.32. The van der Waals surface area contributed by atoms with Gasteiger partial charge in [0.15, 0.2) is 0 Å². The summed E-state index contributed by atoms with van der Waals surface area (Å²) < 4.78 is 0. The van der Waals surface area contributed by atoms with Crippen molar-refractivity contribution >= 4 is 63.7 Å². The third-order valence-electron chi connectivity index (χ3n) is 4.47. The molecule has 1 aliphatic heterocycles. The Kier molecular flexibility index (Phi) is 9.33. The van der Waals surface area contributed by atoms with E-state index in [1.165, 1.54) is 19.1 Å². The minimum atomic E-state index is -1.57. The molecule has 0 saturated heterocycles. The fraction of sp³-hybridized carbons (Fsp3) is 0.318. The van der Waals surface area contributed by atoms with Gasteiger partial charge in [-0.25, -0.2) is 0 Å². The molecule has 0 radical (unpaired) electrons. The Bertz CT molecular complexity index is 975. The van der Waals surface area contributed by atoms with Crippen molar-refractivity contribution in [1.29, 1.82) is 0 Å². The molecule has 0 saturated carbocycles. The molecule has 10 heteroatoms. The van der Waals surface area contributed by atoms with Crippen molar-refractivity contribution in [2.45, 2.75) is 33.4 Å². The molecule has 0 spiro atoms. The second-order valence-electron chi connectivity index (χ2n) is 6.90. The maximum absolute atomic E-state index is 13.4. The summed E-state index contributed by atoms with van der Waals surface area (Å²) in [5.41, 5.74) is -0.424. The summed E-state index contributed by atoms with van der Waals surface area (Å²) in [5, 5.41) is 14.9. The smallest absolute Gasteiger partial charge is 0.300 e. The van der Waals surface area contributed by atoms with E-state index in [9.17, 15) is 9.59 Å². The molecule has 3 N–H and O–H groups in total. The van der Waals surface area contributed by atoms with Crippen molar-refractivity contribution < 1.29 is 9.59 Å². The number of benzene rings is 2. The minimum Gasteiger partial charge on any atom is -0.350 e. The standard InChI is InChI=1S/C18H15Cl3N4O2.C4H11N/c1-10-18(22-11(2)26,23-13-6-4-3-5-7-13)17(27)25(24-10)16-14(20)8-12(19)9-15(16)21;1-3-5-4-2/h3-9,23H,1-2H3,(H,22,26);5H,3-4H2,1-2H3. The summed E-state index contributed by atoms with van der Waals surface area (Å²) >= 11 is 18.4. The zero-order valence-corrected chi connectivity index (χ0v) is 20.6. The zero-order chi connectivity index (χ0) is 23.9. The number of nitrogens with zero attached hydrogens (tertiary/aromatic N) is 2. The van der Waals surface area contributed by atoms with Gasteiger partial charge in [-0.1, -0.05) is 66.8 Å². The molecule has 2 amide bonds. The third-order valence-corrected chi connectivity index (χ3v) is 5.26. The Morgan fingerprint density at radius 3 is 2.09 bits per heavy atom. The predicted octanol–water partition coefficient (Wildman–Crippen LogP) is 4.93. The number of hydrazone groups is 1. The van der Waals surface area contributed by atoms with Crippen LogP contribution < -0.4 is 21.0 Å². The van der Waals surface area contributed by atoms with Crippen molar-refractivity contribution in [3.8, 4) is 0 Å². The first-order valence-corrected chi connectivity index (χ1v) is 11.2. The second kappa shape index (κ2) is 11.5. The summed E-state index contributed by atoms with van der Waals surface area (Å²) in [4.78, 5) is 25.2. The van der Waals surface area contributed by atoms with Crippen LogP contribution in [0.2, 0.25) is 15.1 Å². The van der Waals surface area contributed by atoms with Crippen LogP contribution in [0.25, 0.3) is 0 Å². The number of para-hydroxylation sites is 1. The highest BCUT2D eigenvalue weighted by Crippen LogP contribution is 2.40. The number of carbonyl (C=O) groups is 2. The van der Waals surface area contributed by atoms with Gasteiger partial charge >= 0.3 is 0 Å². The van der Waals surface area contributed by atoms with Gasteiger partial charge in [-0.2, -0.15) is 10.1 Å². The highest BCUT2D eigenvalue weighted by atomic mass is 35.5. The highest BCUT2D eigenvalue weighted by Gasteiger charge is 2.51. The first-order valence-electron chi connectivity index (χ1n) is 10.0. The van der Waals surface area contributed by atoms with Crippen molar-refractivity contribution in [3.63, 3.8) is 0 Å². The van der Waals surface area contributed by atoms with Crippen molar-refractivity contribution in [2.24, 2.45) is 5.10 Å². The van der Waals surface area contributed by atoms with Gasteiger partial charge in [-0.15, -0.1) is 0 Å². The van der Waals surface area contributed by atoms with Crippen molar-refractivity contribution in [1.82, 2.24) is 10.6 Å². The van der Waals surface area contributed by atoms with Gasteiger partial charge in [-0.3, -0.25) is 9.59 Å². The third kappa shape index (κ3) is 5.92. The molecular formula is C22H26Cl3N5O2. The van der Waals surface area contributed by atoms with Gasteiger partial charge < -0.3 is 16.0 Å². The lowest BCUT2D eigenvalue weighted by atomic mass is 10.0. The van der Waals surface area contributed by atoms with Crippen molar-refractivity contribution in [3.05, 3.63) is 57.5 Å². The average molecular weight is 499 g/mol. The van der Waals surface area contributed by atoms with E-state index in [1.54, 1.807) is 31.2 Å². The van der Waals surface area contributed by atoms with Crippen LogP contribution in [-0.4, -0.2) is 36.3 Å². The number of halogens is 3. The van der Waals surface area contributed by atoms with E-state index in [0.29, 0.717) is 16.4 Å². The number of hydrogen-bond acceptors (Lipinski definition) is 5. The van der Waals surface area contributed by atoms with Crippen LogP contribution in [0, 0.1) is 0 Å². The summed E-state index contributed by atoms with van der Waals surface area (Å²) in [6, 6.07) is 11.9. The van der Waals surface area contributed by atoms with Gasteiger partial charge in [0.25, 0.3) is 5.91 Å². The van der Waals surface area contributed by atoms with Crippen LogP contribution >= 0.6 is 34.8 Å². The average Bonchev–Trinajstić information content (AvgIpc) is 2.93. The molecule has 0 fully saturated rings. The molecule has 1 heterocycles. The van der Waals surface area contributed by atoms with Gasteiger partial charge in [0.05, 0.1) is 15.8 Å². The van der Waals surface area contributed by atoms with E-state index in [2.05, 4.69) is 34.9 Å². The number of carbonyl (C=O) groups excluding carboxylic acids is 2. The SMILES string of the molecule is CC(=O)NC1(Nc2ccccc2)C(=O)N(c2c(Cl)cc(Cl)cc2Cl)N=C1C.CCNCC. The molecule has 2 aromatic carbocycles. The molecule has 0 aliphatic carbocycles. The molecule has 0 bridgehead atoms. The van der Waals surface area contributed by atoms with Gasteiger partial charge in [0, 0.05) is 17.6 Å². The summed E-state index contributed by atoms with van der Waals surface area (Å²) in [7, 11) is 0. The van der Waals surface area contributed by atoms with E-state index in [4.69, 9.17) is 34.8 Å². The number of nitrogens with one attached hydrogen (secondary N) is 3. The van der Waals surface area contributed by atoms with Crippen LogP contribution in [-0.2, 0) is 9.59 Å². The first kappa shape index (κ1) is 25.9. The molecular weight excluding hydrogens is 473 g/mol. The largest absolute Gasteiger partial charge is 0.350 e. The van der Waals surface area contributed by atoms with Crippen LogP contribution in [0.3, 0.4) is 0 Å². The molecule has 2 aromatic rings. The lowest BCUT2D eigenvalue weighted by Gasteiger charge is -2.31. The van der Waals surface area contributed by atoms with E-state index in [0.717, 1.165) is 18.1 Å². The minimum absolute atomic E-state index is 0.163. The van der Waals surface area contributed by atoms with Gasteiger partial charge in [0.1, 0.15) is 5.69 Å². The second-order valence-corrected chi connectivity index (χ2v) is 8.15. The van der Waals surface area contributed by atoms with E-state index in [-0.39, 0.29) is 15.7 Å². The lowest BCUT2D eigenvalue weighted by Crippen LogP contribution is -2.64. The lowest BCUT2D eigenvalue weighted by molar-refractivity contribution is -0.127. The first-order chi connectivity index (χ1) is 15.2. The number of rotatable bonds is 6. The Labute approximate surface area is 203 Å². The Morgan fingerprint density at radius 1 is 1.06 bits per heavy atom. The molecule has 1 aliphatic rings. The van der Waals surface area contributed by atoms with E-state index in [1.807, 2.05) is 6.07 Å². The fourth-order valence-corrected chi connectivity index (χ4v) is 4.02. The molecule has 7 nitrogen and oxygen atoms in total. The fourth-order valence-electron chi connectivity index (χ4n) is 3.04. The number of anilines is 2. The molecule has 1 unspecified atom stereocenters. The molecule has 1 atom stereocenters. The summed E-state index contributed by atoms with van der Waals surface area (Å²) in [6.07, 6.45) is 0. The molecule has 172 valence electrons. The maximum atomic E-state index is 13.4. The normalized spacial score (nSPS) is 17.4. The van der Waals surface area contributed by atoms with Crippen LogP contribution in [0.15, 0.2) is 47.6 Å². The van der Waals surface area contributed by atoms with Crippen LogP contribution in [0.1, 0.15) is 27.7 Å². The monoisotopic (exact) mass is 497 g/mol. The number of amides is 2. The van der Waals surface area contributed by atoms with E-state index >= 15 is 0 Å². The topological polar surface area (TPSA) is 85.8 Å². The molecule has 32 heavy (non-hydrogen) atoms.